The van der Waals surface area contributed by atoms with E-state index in [2.05, 4.69) is 34.7 Å². The molecule has 2 aromatic carbocycles. The Labute approximate surface area is 176 Å². The molecule has 0 saturated heterocycles. The summed E-state index contributed by atoms with van der Waals surface area (Å²) in [5, 5.41) is 13.3. The number of hydrogen-bond acceptors (Lipinski definition) is 3. The summed E-state index contributed by atoms with van der Waals surface area (Å²) in [4.78, 5) is 12.4. The van der Waals surface area contributed by atoms with E-state index in [1.807, 2.05) is 62.4 Å². The van der Waals surface area contributed by atoms with Gasteiger partial charge in [0.25, 0.3) is 5.91 Å². The van der Waals surface area contributed by atoms with Gasteiger partial charge in [0.15, 0.2) is 5.11 Å². The highest BCUT2D eigenvalue weighted by Gasteiger charge is 2.10. The lowest BCUT2D eigenvalue weighted by atomic mass is 10.0. The van der Waals surface area contributed by atoms with Crippen LogP contribution >= 0.6 is 12.2 Å². The standard InChI is InChI=1S/C23H26N4OS/c1-14(2)18-7-9-19(10-8-18)22(28)25-23(29)24-20-11-5-17(6-12-20)13-21-15(3)26-27-16(21)4/h5-12,14H,13H2,1-4H3,(H,26,27)(H2,24,25,28,29). The Morgan fingerprint density at radius 1 is 1.07 bits per heavy atom. The van der Waals surface area contributed by atoms with Crippen molar-refractivity contribution in [1.29, 1.82) is 0 Å². The van der Waals surface area contributed by atoms with Gasteiger partial charge in [0, 0.05) is 28.9 Å². The molecule has 3 aromatic rings. The molecule has 150 valence electrons. The van der Waals surface area contributed by atoms with Crippen LogP contribution in [0.5, 0.6) is 0 Å². The molecule has 0 bridgehead atoms. The number of nitrogens with zero attached hydrogens (tertiary/aromatic N) is 1. The van der Waals surface area contributed by atoms with E-state index >= 15 is 0 Å². The van der Waals surface area contributed by atoms with E-state index in [9.17, 15) is 4.79 Å². The van der Waals surface area contributed by atoms with E-state index in [1.54, 1.807) is 0 Å². The Kier molecular flexibility index (Phi) is 6.44. The number of thiocarbonyl (C=S) groups is 1. The van der Waals surface area contributed by atoms with Gasteiger partial charge in [-0.05, 0) is 67.4 Å². The summed E-state index contributed by atoms with van der Waals surface area (Å²) in [5.41, 5.74) is 7.13. The van der Waals surface area contributed by atoms with Crippen molar-refractivity contribution >= 4 is 28.9 Å². The fourth-order valence-corrected chi connectivity index (χ4v) is 3.31. The smallest absolute Gasteiger partial charge is 0.257 e. The zero-order valence-corrected chi connectivity index (χ0v) is 18.0. The summed E-state index contributed by atoms with van der Waals surface area (Å²) in [6.45, 7) is 8.28. The number of benzene rings is 2. The van der Waals surface area contributed by atoms with Crippen LogP contribution in [0.3, 0.4) is 0 Å². The zero-order valence-electron chi connectivity index (χ0n) is 17.2. The number of anilines is 1. The third-order valence-corrected chi connectivity index (χ3v) is 5.14. The first kappa shape index (κ1) is 20.7. The maximum absolute atomic E-state index is 12.4. The quantitative estimate of drug-likeness (QED) is 0.529. The fraction of sp³-hybridized carbons (Fsp3) is 0.261. The van der Waals surface area contributed by atoms with Gasteiger partial charge in [-0.1, -0.05) is 38.1 Å². The predicted octanol–water partition coefficient (Wildman–Crippen LogP) is 4.87. The lowest BCUT2D eigenvalue weighted by Gasteiger charge is -2.11. The second kappa shape index (κ2) is 9.01. The normalized spacial score (nSPS) is 10.8. The van der Waals surface area contributed by atoms with Crippen molar-refractivity contribution in [1.82, 2.24) is 15.5 Å². The molecule has 0 atom stereocenters. The largest absolute Gasteiger partial charge is 0.332 e. The van der Waals surface area contributed by atoms with Crippen LogP contribution < -0.4 is 10.6 Å². The molecule has 6 heteroatoms. The van der Waals surface area contributed by atoms with Crippen LogP contribution in [0.2, 0.25) is 0 Å². The van der Waals surface area contributed by atoms with Gasteiger partial charge in [-0.25, -0.2) is 0 Å². The van der Waals surface area contributed by atoms with Crippen LogP contribution in [-0.4, -0.2) is 21.2 Å². The highest BCUT2D eigenvalue weighted by molar-refractivity contribution is 7.80. The zero-order chi connectivity index (χ0) is 21.0. The van der Waals surface area contributed by atoms with Crippen LogP contribution in [-0.2, 0) is 6.42 Å². The maximum Gasteiger partial charge on any atom is 0.257 e. The lowest BCUT2D eigenvalue weighted by Crippen LogP contribution is -2.34. The number of rotatable bonds is 5. The fourth-order valence-electron chi connectivity index (χ4n) is 3.10. The van der Waals surface area contributed by atoms with Gasteiger partial charge in [-0.3, -0.25) is 15.2 Å². The van der Waals surface area contributed by atoms with Crippen molar-refractivity contribution in [2.75, 3.05) is 5.32 Å². The van der Waals surface area contributed by atoms with Crippen LogP contribution in [0.1, 0.15) is 58.2 Å². The first-order valence-corrected chi connectivity index (χ1v) is 10.1. The van der Waals surface area contributed by atoms with E-state index < -0.39 is 0 Å². The number of aromatic nitrogens is 2. The van der Waals surface area contributed by atoms with E-state index in [4.69, 9.17) is 12.2 Å². The molecule has 1 amide bonds. The van der Waals surface area contributed by atoms with Gasteiger partial charge in [-0.15, -0.1) is 0 Å². The maximum atomic E-state index is 12.4. The molecule has 0 unspecified atom stereocenters. The number of hydrogen-bond donors (Lipinski definition) is 3. The molecule has 3 rings (SSSR count). The Bertz CT molecular complexity index is 985. The van der Waals surface area contributed by atoms with Crippen molar-refractivity contribution < 1.29 is 4.79 Å². The molecule has 3 N–H and O–H groups in total. The minimum atomic E-state index is -0.222. The van der Waals surface area contributed by atoms with E-state index in [0.717, 1.165) is 23.5 Å². The molecule has 0 spiro atoms. The number of aryl methyl sites for hydroxylation is 2. The van der Waals surface area contributed by atoms with Crippen LogP contribution in [0.4, 0.5) is 5.69 Å². The van der Waals surface area contributed by atoms with Gasteiger partial charge in [0.2, 0.25) is 0 Å². The Balaban J connectivity index is 1.57. The summed E-state index contributed by atoms with van der Waals surface area (Å²) in [7, 11) is 0. The number of amides is 1. The second-order valence-corrected chi connectivity index (χ2v) is 7.88. The van der Waals surface area contributed by atoms with Crippen LogP contribution in [0, 0.1) is 13.8 Å². The highest BCUT2D eigenvalue weighted by atomic mass is 32.1. The topological polar surface area (TPSA) is 69.8 Å². The number of carbonyl (C=O) groups excluding carboxylic acids is 1. The summed E-state index contributed by atoms with van der Waals surface area (Å²) < 4.78 is 0. The molecule has 0 aliphatic rings. The molecule has 0 saturated carbocycles. The lowest BCUT2D eigenvalue weighted by molar-refractivity contribution is 0.0977. The third-order valence-electron chi connectivity index (χ3n) is 4.94. The van der Waals surface area contributed by atoms with Crippen LogP contribution in [0.15, 0.2) is 48.5 Å². The number of aromatic amines is 1. The van der Waals surface area contributed by atoms with Crippen LogP contribution in [0.25, 0.3) is 0 Å². The molecule has 0 radical (unpaired) electrons. The first-order valence-electron chi connectivity index (χ1n) is 9.65. The van der Waals surface area contributed by atoms with Gasteiger partial charge in [0.1, 0.15) is 0 Å². The molecular weight excluding hydrogens is 380 g/mol. The average Bonchev–Trinajstić information content (AvgIpc) is 3.01. The molecule has 5 nitrogen and oxygen atoms in total. The van der Waals surface area contributed by atoms with Crippen molar-refractivity contribution in [3.8, 4) is 0 Å². The predicted molar refractivity (Wildman–Crippen MR) is 122 cm³/mol. The van der Waals surface area contributed by atoms with Crippen molar-refractivity contribution in [3.05, 3.63) is 82.2 Å². The number of carbonyl (C=O) groups is 1. The summed E-state index contributed by atoms with van der Waals surface area (Å²) in [6.07, 6.45) is 0.821. The Morgan fingerprint density at radius 2 is 1.72 bits per heavy atom. The Morgan fingerprint density at radius 3 is 2.28 bits per heavy atom. The summed E-state index contributed by atoms with van der Waals surface area (Å²) in [5.74, 6) is 0.208. The molecule has 0 aliphatic heterocycles. The van der Waals surface area contributed by atoms with E-state index in [-0.39, 0.29) is 11.0 Å². The van der Waals surface area contributed by atoms with Crippen molar-refractivity contribution in [3.63, 3.8) is 0 Å². The molecular formula is C23H26N4OS. The SMILES string of the molecule is Cc1n[nH]c(C)c1Cc1ccc(NC(=S)NC(=O)c2ccc(C(C)C)cc2)cc1. The monoisotopic (exact) mass is 406 g/mol. The minimum absolute atomic E-state index is 0.222. The first-order chi connectivity index (χ1) is 13.8. The van der Waals surface area contributed by atoms with Gasteiger partial charge in [-0.2, -0.15) is 5.10 Å². The van der Waals surface area contributed by atoms with Gasteiger partial charge >= 0.3 is 0 Å². The van der Waals surface area contributed by atoms with E-state index in [1.165, 1.54) is 16.7 Å². The molecule has 1 heterocycles. The average molecular weight is 407 g/mol. The third kappa shape index (κ3) is 5.29. The number of H-pyrrole nitrogens is 1. The Hall–Kier alpha value is -2.99. The minimum Gasteiger partial charge on any atom is -0.332 e. The van der Waals surface area contributed by atoms with Gasteiger partial charge < -0.3 is 5.32 Å². The molecule has 0 fully saturated rings. The summed E-state index contributed by atoms with van der Waals surface area (Å²) >= 11 is 5.28. The highest BCUT2D eigenvalue weighted by Crippen LogP contribution is 2.18. The molecule has 0 aliphatic carbocycles. The number of nitrogens with one attached hydrogen (secondary N) is 3. The van der Waals surface area contributed by atoms with E-state index in [0.29, 0.717) is 11.5 Å². The second-order valence-electron chi connectivity index (χ2n) is 7.47. The summed E-state index contributed by atoms with van der Waals surface area (Å²) in [6, 6.07) is 15.6. The van der Waals surface area contributed by atoms with Crippen molar-refractivity contribution in [2.24, 2.45) is 0 Å². The molecule has 29 heavy (non-hydrogen) atoms. The molecule has 1 aromatic heterocycles. The van der Waals surface area contributed by atoms with Crippen molar-refractivity contribution in [2.45, 2.75) is 40.0 Å². The van der Waals surface area contributed by atoms with Gasteiger partial charge in [0.05, 0.1) is 5.69 Å².